The summed E-state index contributed by atoms with van der Waals surface area (Å²) in [6.07, 6.45) is 0.708. The smallest absolute Gasteiger partial charge is 0.214 e. The van der Waals surface area contributed by atoms with Crippen LogP contribution < -0.4 is 0 Å². The molecule has 18 heavy (non-hydrogen) atoms. The Kier molecular flexibility index (Phi) is 4.31. The average molecular weight is 277 g/mol. The van der Waals surface area contributed by atoms with Crippen molar-refractivity contribution in [2.45, 2.75) is 45.5 Å². The zero-order valence-corrected chi connectivity index (χ0v) is 12.1. The first-order chi connectivity index (χ1) is 8.45. The minimum Gasteiger partial charge on any atom is -0.375 e. The molecule has 2 heterocycles. The molecule has 0 amide bonds. The Morgan fingerprint density at radius 2 is 2.11 bits per heavy atom. The predicted molar refractivity (Wildman–Crippen MR) is 68.9 cm³/mol. The number of nitrogens with zero attached hydrogens (tertiary/aromatic N) is 1. The summed E-state index contributed by atoms with van der Waals surface area (Å²) in [7, 11) is -3.05. The molecule has 0 saturated carbocycles. The summed E-state index contributed by atoms with van der Waals surface area (Å²) in [6.45, 7) is 7.76. The van der Waals surface area contributed by atoms with Crippen molar-refractivity contribution in [3.05, 3.63) is 0 Å². The molecule has 2 fully saturated rings. The van der Waals surface area contributed by atoms with E-state index in [2.05, 4.69) is 6.92 Å². The van der Waals surface area contributed by atoms with Gasteiger partial charge in [-0.25, -0.2) is 8.42 Å². The van der Waals surface area contributed by atoms with Gasteiger partial charge in [0.05, 0.1) is 24.1 Å². The average Bonchev–Trinajstić information content (AvgIpc) is 2.75. The number of hydrogen-bond donors (Lipinski definition) is 0. The van der Waals surface area contributed by atoms with Gasteiger partial charge in [0, 0.05) is 25.6 Å². The molecule has 0 aromatic rings. The van der Waals surface area contributed by atoms with Crippen LogP contribution >= 0.6 is 0 Å². The fourth-order valence-corrected chi connectivity index (χ4v) is 4.31. The maximum Gasteiger partial charge on any atom is 0.214 e. The molecule has 6 heteroatoms. The van der Waals surface area contributed by atoms with Crippen LogP contribution in [0.1, 0.15) is 27.2 Å². The second-order valence-electron chi connectivity index (χ2n) is 5.19. The Bertz CT molecular complexity index is 384. The third-order valence-electron chi connectivity index (χ3n) is 3.96. The van der Waals surface area contributed by atoms with E-state index >= 15 is 0 Å². The van der Waals surface area contributed by atoms with Crippen LogP contribution in [0.15, 0.2) is 0 Å². The van der Waals surface area contributed by atoms with E-state index in [9.17, 15) is 8.42 Å². The maximum absolute atomic E-state index is 11.8. The minimum absolute atomic E-state index is 0.000741. The first-order valence-corrected chi connectivity index (χ1v) is 8.31. The molecule has 2 rings (SSSR count). The zero-order chi connectivity index (χ0) is 13.3. The van der Waals surface area contributed by atoms with E-state index in [1.54, 1.807) is 4.31 Å². The summed E-state index contributed by atoms with van der Waals surface area (Å²) in [6, 6.07) is 0. The molecule has 0 aromatic carbocycles. The third-order valence-corrected chi connectivity index (χ3v) is 5.88. The molecule has 0 aromatic heterocycles. The van der Waals surface area contributed by atoms with E-state index in [1.165, 1.54) is 0 Å². The minimum atomic E-state index is -3.05. The zero-order valence-electron chi connectivity index (χ0n) is 11.3. The quantitative estimate of drug-likeness (QED) is 0.764. The van der Waals surface area contributed by atoms with Crippen LogP contribution in [0.2, 0.25) is 0 Å². The molecule has 0 spiro atoms. The Hall–Kier alpha value is -0.170. The van der Waals surface area contributed by atoms with Gasteiger partial charge in [-0.2, -0.15) is 4.31 Å². The monoisotopic (exact) mass is 277 g/mol. The lowest BCUT2D eigenvalue weighted by atomic mass is 9.99. The van der Waals surface area contributed by atoms with Crippen LogP contribution in [0.5, 0.6) is 0 Å². The highest BCUT2D eigenvalue weighted by Crippen LogP contribution is 2.30. The Balaban J connectivity index is 2.04. The van der Waals surface area contributed by atoms with E-state index in [0.717, 1.165) is 6.42 Å². The van der Waals surface area contributed by atoms with Crippen molar-refractivity contribution in [2.75, 3.05) is 25.4 Å². The number of ether oxygens (including phenoxy) is 2. The number of sulfonamides is 1. The number of hydrogen-bond acceptors (Lipinski definition) is 4. The predicted octanol–water partition coefficient (Wildman–Crippen LogP) is 0.850. The van der Waals surface area contributed by atoms with Crippen molar-refractivity contribution in [3.8, 4) is 0 Å². The van der Waals surface area contributed by atoms with Crippen LogP contribution in [-0.2, 0) is 19.5 Å². The van der Waals surface area contributed by atoms with Gasteiger partial charge in [-0.1, -0.05) is 6.92 Å². The lowest BCUT2D eigenvalue weighted by molar-refractivity contribution is -0.0245. The van der Waals surface area contributed by atoms with Gasteiger partial charge in [0.25, 0.3) is 0 Å². The topological polar surface area (TPSA) is 55.8 Å². The molecule has 4 atom stereocenters. The molecular weight excluding hydrogens is 254 g/mol. The SMILES string of the molecule is CCO[C@H]1[C@@H](C)[C@H](C)O[C@@H]1CN1CCCS1(=O)=O. The molecule has 0 N–H and O–H groups in total. The number of rotatable bonds is 4. The van der Waals surface area contributed by atoms with Crippen LogP contribution in [-0.4, -0.2) is 56.5 Å². The molecule has 5 nitrogen and oxygen atoms in total. The Morgan fingerprint density at radius 1 is 1.39 bits per heavy atom. The van der Waals surface area contributed by atoms with Crippen molar-refractivity contribution in [1.29, 1.82) is 0 Å². The summed E-state index contributed by atoms with van der Waals surface area (Å²) in [5, 5.41) is 0. The van der Waals surface area contributed by atoms with Gasteiger partial charge in [-0.3, -0.25) is 0 Å². The standard InChI is InChI=1S/C12H23NO4S/c1-4-16-12-9(2)10(3)17-11(12)8-13-6-5-7-18(13,14)15/h9-12H,4-8H2,1-3H3/t9-,10-,11+,12-/m0/s1. The summed E-state index contributed by atoms with van der Waals surface area (Å²) in [5.74, 6) is 0.574. The first-order valence-electron chi connectivity index (χ1n) is 6.70. The molecule has 0 radical (unpaired) electrons. The van der Waals surface area contributed by atoms with E-state index in [0.29, 0.717) is 25.6 Å². The van der Waals surface area contributed by atoms with Gasteiger partial charge in [0.2, 0.25) is 10.0 Å². The van der Waals surface area contributed by atoms with E-state index in [-0.39, 0.29) is 24.1 Å². The molecule has 2 saturated heterocycles. The Labute approximate surface area is 109 Å². The van der Waals surface area contributed by atoms with Crippen molar-refractivity contribution in [2.24, 2.45) is 5.92 Å². The first kappa shape index (κ1) is 14.2. The summed E-state index contributed by atoms with van der Waals surface area (Å²) in [4.78, 5) is 0. The molecule has 0 aliphatic carbocycles. The van der Waals surface area contributed by atoms with E-state index in [4.69, 9.17) is 9.47 Å². The summed E-state index contributed by atoms with van der Waals surface area (Å²) >= 11 is 0. The van der Waals surface area contributed by atoms with Gasteiger partial charge in [-0.05, 0) is 20.3 Å². The molecule has 2 aliphatic heterocycles. The highest BCUT2D eigenvalue weighted by atomic mass is 32.2. The lowest BCUT2D eigenvalue weighted by Gasteiger charge is -2.24. The second kappa shape index (κ2) is 5.45. The van der Waals surface area contributed by atoms with Crippen molar-refractivity contribution in [1.82, 2.24) is 4.31 Å². The van der Waals surface area contributed by atoms with Crippen LogP contribution in [0.3, 0.4) is 0 Å². The molecular formula is C12H23NO4S. The lowest BCUT2D eigenvalue weighted by Crippen LogP contribution is -2.40. The molecule has 2 aliphatic rings. The van der Waals surface area contributed by atoms with Gasteiger partial charge < -0.3 is 9.47 Å². The summed E-state index contributed by atoms with van der Waals surface area (Å²) in [5.41, 5.74) is 0. The van der Waals surface area contributed by atoms with Crippen LogP contribution in [0.25, 0.3) is 0 Å². The van der Waals surface area contributed by atoms with Crippen molar-refractivity contribution >= 4 is 10.0 Å². The fourth-order valence-electron chi connectivity index (χ4n) is 2.78. The van der Waals surface area contributed by atoms with Crippen molar-refractivity contribution in [3.63, 3.8) is 0 Å². The van der Waals surface area contributed by atoms with Gasteiger partial charge in [-0.15, -0.1) is 0 Å². The summed E-state index contributed by atoms with van der Waals surface area (Å²) < 4.78 is 36.8. The third kappa shape index (κ3) is 2.71. The normalized spacial score (nSPS) is 40.4. The molecule has 106 valence electrons. The van der Waals surface area contributed by atoms with Crippen LogP contribution in [0, 0.1) is 5.92 Å². The van der Waals surface area contributed by atoms with Gasteiger partial charge in [0.15, 0.2) is 0 Å². The molecule has 0 bridgehead atoms. The fraction of sp³-hybridized carbons (Fsp3) is 1.00. The highest BCUT2D eigenvalue weighted by molar-refractivity contribution is 7.89. The molecule has 0 unspecified atom stereocenters. The largest absolute Gasteiger partial charge is 0.375 e. The maximum atomic E-state index is 11.8. The van der Waals surface area contributed by atoms with Crippen LogP contribution in [0.4, 0.5) is 0 Å². The van der Waals surface area contributed by atoms with Crippen molar-refractivity contribution < 1.29 is 17.9 Å². The van der Waals surface area contributed by atoms with Gasteiger partial charge >= 0.3 is 0 Å². The van der Waals surface area contributed by atoms with E-state index < -0.39 is 10.0 Å². The van der Waals surface area contributed by atoms with Gasteiger partial charge in [0.1, 0.15) is 0 Å². The second-order valence-corrected chi connectivity index (χ2v) is 7.27. The highest BCUT2D eigenvalue weighted by Gasteiger charge is 2.43. The Morgan fingerprint density at radius 3 is 2.67 bits per heavy atom. The van der Waals surface area contributed by atoms with E-state index in [1.807, 2.05) is 13.8 Å².